The quantitative estimate of drug-likeness (QED) is 0.552. The highest BCUT2D eigenvalue weighted by Gasteiger charge is 2.17. The number of carbonyl (C=O) groups excluding carboxylic acids is 1. The molecule has 0 spiro atoms. The van der Waals surface area contributed by atoms with E-state index in [1.54, 1.807) is 72.7 Å². The van der Waals surface area contributed by atoms with Crippen molar-refractivity contribution >= 4 is 11.6 Å². The van der Waals surface area contributed by atoms with Crippen LogP contribution in [0, 0.1) is 5.82 Å². The minimum absolute atomic E-state index is 0.219. The summed E-state index contributed by atoms with van der Waals surface area (Å²) in [5.41, 5.74) is 2.89. The van der Waals surface area contributed by atoms with E-state index < -0.39 is 0 Å². The van der Waals surface area contributed by atoms with Crippen LogP contribution in [-0.2, 0) is 0 Å². The van der Waals surface area contributed by atoms with Crippen LogP contribution in [0.2, 0.25) is 0 Å². The van der Waals surface area contributed by atoms with Crippen LogP contribution >= 0.6 is 0 Å². The zero-order chi connectivity index (χ0) is 20.2. The molecule has 0 atom stereocenters. The molecule has 0 radical (unpaired) electrons. The molecule has 0 unspecified atom stereocenters. The van der Waals surface area contributed by atoms with Crippen molar-refractivity contribution in [3.8, 4) is 22.7 Å². The Morgan fingerprint density at radius 2 is 1.90 bits per heavy atom. The first-order valence-electron chi connectivity index (χ1n) is 8.86. The number of halogens is 1. The highest BCUT2D eigenvalue weighted by molar-refractivity contribution is 6.03. The molecule has 0 aliphatic heterocycles. The molecule has 2 aromatic heterocycles. The van der Waals surface area contributed by atoms with Crippen molar-refractivity contribution in [1.82, 2.24) is 14.8 Å². The topological polar surface area (TPSA) is 69.0 Å². The van der Waals surface area contributed by atoms with Crippen LogP contribution in [0.1, 0.15) is 10.5 Å². The Bertz CT molecular complexity index is 1140. The van der Waals surface area contributed by atoms with Gasteiger partial charge in [0, 0.05) is 29.7 Å². The monoisotopic (exact) mass is 388 g/mol. The van der Waals surface area contributed by atoms with E-state index in [4.69, 9.17) is 4.74 Å². The van der Waals surface area contributed by atoms with Gasteiger partial charge in [0.05, 0.1) is 18.5 Å². The van der Waals surface area contributed by atoms with E-state index in [-0.39, 0.29) is 17.4 Å². The van der Waals surface area contributed by atoms with Crippen LogP contribution in [-0.4, -0.2) is 27.8 Å². The second-order valence-corrected chi connectivity index (χ2v) is 6.23. The molecular formula is C22H17FN4O2. The average Bonchev–Trinajstić information content (AvgIpc) is 3.21. The number of carbonyl (C=O) groups is 1. The third-order valence-corrected chi connectivity index (χ3v) is 4.30. The van der Waals surface area contributed by atoms with E-state index >= 15 is 0 Å². The molecule has 2 heterocycles. The molecule has 0 aliphatic carbocycles. The number of aromatic nitrogens is 3. The van der Waals surface area contributed by atoms with Gasteiger partial charge in [0.2, 0.25) is 0 Å². The molecule has 0 bridgehead atoms. The van der Waals surface area contributed by atoms with Crippen molar-refractivity contribution in [3.05, 3.63) is 90.6 Å². The fourth-order valence-corrected chi connectivity index (χ4v) is 2.89. The van der Waals surface area contributed by atoms with E-state index in [9.17, 15) is 9.18 Å². The second-order valence-electron chi connectivity index (χ2n) is 6.23. The molecule has 1 amide bonds. The molecule has 4 aromatic rings. The van der Waals surface area contributed by atoms with Crippen LogP contribution in [0.25, 0.3) is 16.9 Å². The Labute approximate surface area is 166 Å². The number of nitrogens with zero attached hydrogens (tertiary/aromatic N) is 3. The number of nitrogens with one attached hydrogen (secondary N) is 1. The summed E-state index contributed by atoms with van der Waals surface area (Å²) in [7, 11) is 1.56. The number of pyridine rings is 1. The number of ether oxygens (including phenoxy) is 1. The summed E-state index contributed by atoms with van der Waals surface area (Å²) in [6, 6.07) is 18.3. The standard InChI is InChI=1S/C22H17FN4O2/c1-29-19-6-2-5-17(12-19)25-22(28)20-13-21(15-4-3-11-24-14-15)27(26-20)18-9-7-16(23)8-10-18/h2-14H,1H3,(H,25,28). The SMILES string of the molecule is COc1cccc(NC(=O)c2cc(-c3cccnc3)n(-c3ccc(F)cc3)n2)c1. The normalized spacial score (nSPS) is 10.6. The maximum atomic E-state index is 13.3. The summed E-state index contributed by atoms with van der Waals surface area (Å²) in [6.07, 6.45) is 3.35. The third-order valence-electron chi connectivity index (χ3n) is 4.30. The highest BCUT2D eigenvalue weighted by Crippen LogP contribution is 2.24. The largest absolute Gasteiger partial charge is 0.497 e. The lowest BCUT2D eigenvalue weighted by atomic mass is 10.2. The van der Waals surface area contributed by atoms with Gasteiger partial charge >= 0.3 is 0 Å². The van der Waals surface area contributed by atoms with Gasteiger partial charge in [-0.25, -0.2) is 9.07 Å². The molecule has 0 saturated heterocycles. The fourth-order valence-electron chi connectivity index (χ4n) is 2.89. The van der Waals surface area contributed by atoms with Gasteiger partial charge in [0.1, 0.15) is 11.6 Å². The summed E-state index contributed by atoms with van der Waals surface area (Å²) in [5, 5.41) is 7.26. The molecule has 144 valence electrons. The summed E-state index contributed by atoms with van der Waals surface area (Å²) in [4.78, 5) is 16.9. The van der Waals surface area contributed by atoms with Crippen molar-refractivity contribution < 1.29 is 13.9 Å². The molecule has 1 N–H and O–H groups in total. The van der Waals surface area contributed by atoms with Crippen LogP contribution in [0.4, 0.5) is 10.1 Å². The van der Waals surface area contributed by atoms with E-state index in [0.29, 0.717) is 22.8 Å². The van der Waals surface area contributed by atoms with Crippen molar-refractivity contribution in [1.29, 1.82) is 0 Å². The molecule has 0 saturated carbocycles. The number of rotatable bonds is 5. The minimum Gasteiger partial charge on any atom is -0.497 e. The molecule has 4 rings (SSSR count). The number of hydrogen-bond acceptors (Lipinski definition) is 4. The zero-order valence-electron chi connectivity index (χ0n) is 15.5. The molecular weight excluding hydrogens is 371 g/mol. The van der Waals surface area contributed by atoms with Gasteiger partial charge in [-0.05, 0) is 54.6 Å². The molecule has 29 heavy (non-hydrogen) atoms. The number of methoxy groups -OCH3 is 1. The summed E-state index contributed by atoms with van der Waals surface area (Å²) >= 11 is 0. The summed E-state index contributed by atoms with van der Waals surface area (Å²) in [5.74, 6) is -0.0835. The van der Waals surface area contributed by atoms with E-state index in [1.807, 2.05) is 6.07 Å². The Morgan fingerprint density at radius 3 is 2.62 bits per heavy atom. The van der Waals surface area contributed by atoms with Crippen LogP contribution < -0.4 is 10.1 Å². The Balaban J connectivity index is 1.72. The predicted octanol–water partition coefficient (Wildman–Crippen LogP) is 4.33. The van der Waals surface area contributed by atoms with Gasteiger partial charge in [0.15, 0.2) is 5.69 Å². The van der Waals surface area contributed by atoms with Gasteiger partial charge in [-0.15, -0.1) is 0 Å². The van der Waals surface area contributed by atoms with E-state index in [1.165, 1.54) is 12.1 Å². The Hall–Kier alpha value is -4.00. The minimum atomic E-state index is -0.371. The summed E-state index contributed by atoms with van der Waals surface area (Å²) < 4.78 is 20.1. The van der Waals surface area contributed by atoms with Crippen LogP contribution in [0.5, 0.6) is 5.75 Å². The zero-order valence-corrected chi connectivity index (χ0v) is 15.5. The highest BCUT2D eigenvalue weighted by atomic mass is 19.1. The number of amides is 1. The van der Waals surface area contributed by atoms with Crippen molar-refractivity contribution in [2.75, 3.05) is 12.4 Å². The van der Waals surface area contributed by atoms with Gasteiger partial charge in [0.25, 0.3) is 5.91 Å². The van der Waals surface area contributed by atoms with Crippen molar-refractivity contribution in [3.63, 3.8) is 0 Å². The molecule has 0 fully saturated rings. The van der Waals surface area contributed by atoms with Gasteiger partial charge in [-0.1, -0.05) is 6.07 Å². The predicted molar refractivity (Wildman–Crippen MR) is 108 cm³/mol. The Kier molecular flexibility index (Phi) is 5.03. The van der Waals surface area contributed by atoms with Crippen LogP contribution in [0.3, 0.4) is 0 Å². The number of anilines is 1. The van der Waals surface area contributed by atoms with Gasteiger partial charge in [-0.3, -0.25) is 9.78 Å². The number of hydrogen-bond donors (Lipinski definition) is 1. The lowest BCUT2D eigenvalue weighted by Gasteiger charge is -2.07. The summed E-state index contributed by atoms with van der Waals surface area (Å²) in [6.45, 7) is 0. The lowest BCUT2D eigenvalue weighted by molar-refractivity contribution is 0.102. The molecule has 7 heteroatoms. The number of benzene rings is 2. The third kappa shape index (κ3) is 3.98. The average molecular weight is 388 g/mol. The smallest absolute Gasteiger partial charge is 0.276 e. The maximum absolute atomic E-state index is 13.3. The van der Waals surface area contributed by atoms with Crippen LogP contribution in [0.15, 0.2) is 79.1 Å². The first-order valence-corrected chi connectivity index (χ1v) is 8.86. The molecule has 6 nitrogen and oxygen atoms in total. The molecule has 2 aromatic carbocycles. The van der Waals surface area contributed by atoms with E-state index in [2.05, 4.69) is 15.4 Å². The lowest BCUT2D eigenvalue weighted by Crippen LogP contribution is -2.13. The fraction of sp³-hybridized carbons (Fsp3) is 0.0455. The van der Waals surface area contributed by atoms with Crippen molar-refractivity contribution in [2.24, 2.45) is 0 Å². The van der Waals surface area contributed by atoms with Gasteiger partial charge in [-0.2, -0.15) is 5.10 Å². The van der Waals surface area contributed by atoms with E-state index in [0.717, 1.165) is 5.56 Å². The molecule has 0 aliphatic rings. The van der Waals surface area contributed by atoms with Gasteiger partial charge < -0.3 is 10.1 Å². The maximum Gasteiger partial charge on any atom is 0.276 e. The van der Waals surface area contributed by atoms with Crippen molar-refractivity contribution in [2.45, 2.75) is 0 Å². The second kappa shape index (κ2) is 7.93. The Morgan fingerprint density at radius 1 is 1.07 bits per heavy atom. The first kappa shape index (κ1) is 18.4. The first-order chi connectivity index (χ1) is 14.1.